The van der Waals surface area contributed by atoms with Crippen molar-refractivity contribution in [2.75, 3.05) is 0 Å². The first-order valence-electron chi connectivity index (χ1n) is 12.6. The molecular formula is C27H38F2N4O. The fourth-order valence-electron chi connectivity index (χ4n) is 6.50. The molecule has 2 aliphatic rings. The molecule has 2 fully saturated rings. The first-order chi connectivity index (χ1) is 16.0. The van der Waals surface area contributed by atoms with Crippen LogP contribution in [0.1, 0.15) is 72.6 Å². The molecule has 5 nitrogen and oxygen atoms in total. The fraction of sp³-hybridized carbons (Fsp3) is 0.667. The van der Waals surface area contributed by atoms with E-state index in [4.69, 9.17) is 0 Å². The minimum absolute atomic E-state index is 0.135. The SMILES string of the molecule is C[C@H](CCC(F)(F)C(C)(C)O)[C@H]1CC[C@H]2/C(=C/Cn3nnnc3-c3ccccc3)CCC[C@]12C. The highest BCUT2D eigenvalue weighted by Crippen LogP contribution is 2.60. The van der Waals surface area contributed by atoms with Gasteiger partial charge in [-0.15, -0.1) is 5.10 Å². The van der Waals surface area contributed by atoms with Gasteiger partial charge in [-0.05, 0) is 86.0 Å². The van der Waals surface area contributed by atoms with E-state index >= 15 is 0 Å². The molecular weight excluding hydrogens is 434 g/mol. The van der Waals surface area contributed by atoms with Crippen LogP contribution in [-0.4, -0.2) is 36.8 Å². The van der Waals surface area contributed by atoms with Crippen LogP contribution in [0.3, 0.4) is 0 Å². The molecule has 0 aliphatic heterocycles. The summed E-state index contributed by atoms with van der Waals surface area (Å²) in [5, 5.41) is 22.2. The molecule has 0 spiro atoms. The van der Waals surface area contributed by atoms with Crippen LogP contribution in [0.4, 0.5) is 8.78 Å². The smallest absolute Gasteiger partial charge is 0.275 e. The lowest BCUT2D eigenvalue weighted by Gasteiger charge is -2.44. The van der Waals surface area contributed by atoms with Crippen molar-refractivity contribution < 1.29 is 13.9 Å². The number of benzene rings is 1. The Bertz CT molecular complexity index is 998. The van der Waals surface area contributed by atoms with E-state index in [0.717, 1.165) is 43.5 Å². The molecule has 0 saturated heterocycles. The molecule has 0 radical (unpaired) electrons. The summed E-state index contributed by atoms with van der Waals surface area (Å²) in [6, 6.07) is 9.97. The molecule has 1 heterocycles. The minimum atomic E-state index is -3.07. The van der Waals surface area contributed by atoms with E-state index in [1.807, 2.05) is 35.0 Å². The summed E-state index contributed by atoms with van der Waals surface area (Å²) < 4.78 is 30.6. The summed E-state index contributed by atoms with van der Waals surface area (Å²) in [7, 11) is 0. The van der Waals surface area contributed by atoms with Gasteiger partial charge in [0, 0.05) is 12.0 Å². The van der Waals surface area contributed by atoms with E-state index in [1.165, 1.54) is 19.4 Å². The topological polar surface area (TPSA) is 63.8 Å². The highest BCUT2D eigenvalue weighted by molar-refractivity contribution is 5.53. The van der Waals surface area contributed by atoms with Crippen molar-refractivity contribution in [3.63, 3.8) is 0 Å². The molecule has 34 heavy (non-hydrogen) atoms. The normalized spacial score (nSPS) is 27.7. The summed E-state index contributed by atoms with van der Waals surface area (Å²) >= 11 is 0. The number of rotatable bonds is 8. The number of tetrazole rings is 1. The maximum atomic E-state index is 14.4. The molecule has 0 amide bonds. The monoisotopic (exact) mass is 472 g/mol. The molecule has 2 aromatic rings. The van der Waals surface area contributed by atoms with Crippen LogP contribution in [0.25, 0.3) is 11.4 Å². The van der Waals surface area contributed by atoms with Crippen molar-refractivity contribution in [2.24, 2.45) is 23.2 Å². The number of halogens is 2. The van der Waals surface area contributed by atoms with Gasteiger partial charge in [-0.3, -0.25) is 0 Å². The third kappa shape index (κ3) is 4.81. The van der Waals surface area contributed by atoms with Crippen LogP contribution in [0, 0.1) is 23.2 Å². The van der Waals surface area contributed by atoms with Gasteiger partial charge in [0.25, 0.3) is 5.92 Å². The molecule has 4 rings (SSSR count). The molecule has 186 valence electrons. The van der Waals surface area contributed by atoms with Crippen LogP contribution in [-0.2, 0) is 6.54 Å². The van der Waals surface area contributed by atoms with Crippen LogP contribution >= 0.6 is 0 Å². The Morgan fingerprint density at radius 2 is 1.97 bits per heavy atom. The largest absolute Gasteiger partial charge is 0.384 e. The quantitative estimate of drug-likeness (QED) is 0.458. The van der Waals surface area contributed by atoms with Gasteiger partial charge in [-0.1, -0.05) is 55.8 Å². The van der Waals surface area contributed by atoms with Gasteiger partial charge >= 0.3 is 0 Å². The Kier molecular flexibility index (Phi) is 6.96. The zero-order valence-electron chi connectivity index (χ0n) is 20.8. The maximum Gasteiger partial charge on any atom is 0.275 e. The first-order valence-corrected chi connectivity index (χ1v) is 12.6. The van der Waals surface area contributed by atoms with E-state index in [-0.39, 0.29) is 17.8 Å². The van der Waals surface area contributed by atoms with Crippen LogP contribution in [0.5, 0.6) is 0 Å². The number of hydrogen-bond donors (Lipinski definition) is 1. The van der Waals surface area contributed by atoms with Gasteiger partial charge in [0.05, 0.1) is 6.54 Å². The standard InChI is InChI=1S/C27H38F2N4O/c1-19(14-17-27(28,29)25(2,3)34)22-12-13-23-20(11-8-16-26(22,23)4)15-18-33-24(30-31-32-33)21-9-6-5-7-10-21/h5-7,9-10,15,19,22-23,34H,8,11-14,16-18H2,1-4H3/b20-15+/t19-,22-,23+,26-/m1/s1. The van der Waals surface area contributed by atoms with Crippen molar-refractivity contribution in [1.29, 1.82) is 0 Å². The van der Waals surface area contributed by atoms with Crippen molar-refractivity contribution in [1.82, 2.24) is 20.2 Å². The van der Waals surface area contributed by atoms with Crippen LogP contribution in [0.2, 0.25) is 0 Å². The Balaban J connectivity index is 1.46. The van der Waals surface area contributed by atoms with Gasteiger partial charge in [0.15, 0.2) is 5.82 Å². The summed E-state index contributed by atoms with van der Waals surface area (Å²) in [5.41, 5.74) is 0.623. The summed E-state index contributed by atoms with van der Waals surface area (Å²) in [5.74, 6) is -1.19. The Morgan fingerprint density at radius 3 is 2.68 bits per heavy atom. The number of hydrogen-bond acceptors (Lipinski definition) is 4. The van der Waals surface area contributed by atoms with E-state index < -0.39 is 11.5 Å². The number of fused-ring (bicyclic) bond motifs is 1. The Labute approximate surface area is 201 Å². The summed E-state index contributed by atoms with van der Waals surface area (Å²) in [6.45, 7) is 7.55. The second kappa shape index (κ2) is 9.48. The van der Waals surface area contributed by atoms with Crippen molar-refractivity contribution in [3.05, 3.63) is 42.0 Å². The lowest BCUT2D eigenvalue weighted by molar-refractivity contribution is -0.168. The van der Waals surface area contributed by atoms with E-state index in [1.54, 1.807) is 0 Å². The van der Waals surface area contributed by atoms with Gasteiger partial charge in [0.1, 0.15) is 5.60 Å². The zero-order chi connectivity index (χ0) is 24.6. The molecule has 2 saturated carbocycles. The minimum Gasteiger partial charge on any atom is -0.384 e. The first kappa shape index (κ1) is 25.0. The molecule has 1 aromatic carbocycles. The lowest BCUT2D eigenvalue weighted by atomic mass is 9.60. The lowest BCUT2D eigenvalue weighted by Crippen LogP contribution is -2.43. The molecule has 1 N–H and O–H groups in total. The Morgan fingerprint density at radius 1 is 1.24 bits per heavy atom. The van der Waals surface area contributed by atoms with Crippen molar-refractivity contribution >= 4 is 0 Å². The van der Waals surface area contributed by atoms with Crippen molar-refractivity contribution in [2.45, 2.75) is 90.7 Å². The summed E-state index contributed by atoms with van der Waals surface area (Å²) in [4.78, 5) is 0. The predicted octanol–water partition coefficient (Wildman–Crippen LogP) is 6.31. The zero-order valence-corrected chi connectivity index (χ0v) is 20.8. The molecule has 2 aliphatic carbocycles. The highest BCUT2D eigenvalue weighted by atomic mass is 19.3. The third-order valence-corrected chi connectivity index (χ3v) is 8.62. The molecule has 1 aromatic heterocycles. The van der Waals surface area contributed by atoms with Crippen molar-refractivity contribution in [3.8, 4) is 11.4 Å². The molecule has 4 atom stereocenters. The average Bonchev–Trinajstić information content (AvgIpc) is 3.40. The fourth-order valence-corrected chi connectivity index (χ4v) is 6.50. The second-order valence-corrected chi connectivity index (χ2v) is 11.2. The third-order valence-electron chi connectivity index (χ3n) is 8.62. The predicted molar refractivity (Wildman–Crippen MR) is 129 cm³/mol. The number of alkyl halides is 2. The molecule has 7 heteroatoms. The number of aromatic nitrogens is 4. The van der Waals surface area contributed by atoms with E-state index in [2.05, 4.69) is 35.4 Å². The van der Waals surface area contributed by atoms with E-state index in [9.17, 15) is 13.9 Å². The number of aliphatic hydroxyl groups is 1. The number of allylic oxidation sites excluding steroid dienone is 2. The van der Waals surface area contributed by atoms with Crippen LogP contribution < -0.4 is 0 Å². The average molecular weight is 473 g/mol. The molecule has 0 unspecified atom stereocenters. The maximum absolute atomic E-state index is 14.4. The molecule has 0 bridgehead atoms. The summed E-state index contributed by atoms with van der Waals surface area (Å²) in [6.07, 6.45) is 8.03. The van der Waals surface area contributed by atoms with E-state index in [0.29, 0.717) is 24.8 Å². The second-order valence-electron chi connectivity index (χ2n) is 11.2. The van der Waals surface area contributed by atoms with Gasteiger partial charge < -0.3 is 5.11 Å². The highest BCUT2D eigenvalue weighted by Gasteiger charge is 2.51. The van der Waals surface area contributed by atoms with Crippen LogP contribution in [0.15, 0.2) is 42.0 Å². The Hall–Kier alpha value is -2.15. The number of nitrogens with zero attached hydrogens (tertiary/aromatic N) is 4. The van der Waals surface area contributed by atoms with Gasteiger partial charge in [-0.25, -0.2) is 13.5 Å². The van der Waals surface area contributed by atoms with Gasteiger partial charge in [-0.2, -0.15) is 0 Å². The van der Waals surface area contributed by atoms with Gasteiger partial charge in [0.2, 0.25) is 0 Å².